The van der Waals surface area contributed by atoms with Gasteiger partial charge >= 0.3 is 5.97 Å². The summed E-state index contributed by atoms with van der Waals surface area (Å²) in [7, 11) is 0. The van der Waals surface area contributed by atoms with E-state index in [-0.39, 0.29) is 6.42 Å². The number of amidine groups is 1. The zero-order valence-electron chi connectivity index (χ0n) is 9.32. The second-order valence-electron chi connectivity index (χ2n) is 3.59. The van der Waals surface area contributed by atoms with Crippen LogP contribution in [0.2, 0.25) is 0 Å². The van der Waals surface area contributed by atoms with E-state index in [9.17, 15) is 9.18 Å². The van der Waals surface area contributed by atoms with Crippen LogP contribution in [0.1, 0.15) is 19.8 Å². The first-order chi connectivity index (χ1) is 7.42. The maximum absolute atomic E-state index is 12.4. The van der Waals surface area contributed by atoms with Crippen molar-refractivity contribution in [2.45, 2.75) is 25.3 Å². The fourth-order valence-electron chi connectivity index (χ4n) is 0.961. The van der Waals surface area contributed by atoms with E-state index in [1.807, 2.05) is 0 Å². The Morgan fingerprint density at radius 3 is 2.62 bits per heavy atom. The summed E-state index contributed by atoms with van der Waals surface area (Å²) < 4.78 is 12.4. The summed E-state index contributed by atoms with van der Waals surface area (Å²) in [5.74, 6) is -0.841. The molecule has 0 bridgehead atoms. The van der Waals surface area contributed by atoms with Crippen LogP contribution in [0.5, 0.6) is 0 Å². The number of aliphatic imine (C=N–C) groups is 1. The first-order valence-electron chi connectivity index (χ1n) is 4.92. The van der Waals surface area contributed by atoms with Crippen LogP contribution in [0.4, 0.5) is 4.39 Å². The molecule has 6 heteroatoms. The van der Waals surface area contributed by atoms with Crippen molar-refractivity contribution in [2.24, 2.45) is 16.5 Å². The van der Waals surface area contributed by atoms with Gasteiger partial charge in [0, 0.05) is 0 Å². The lowest BCUT2D eigenvalue weighted by Crippen LogP contribution is -2.49. The lowest BCUT2D eigenvalue weighted by Gasteiger charge is -2.19. The molecule has 0 rings (SSSR count). The number of carboxylic acid groups (broad SMARTS) is 1. The van der Waals surface area contributed by atoms with E-state index in [0.717, 1.165) is 0 Å². The molecule has 16 heavy (non-hydrogen) atoms. The molecular weight excluding hydrogens is 213 g/mol. The summed E-state index contributed by atoms with van der Waals surface area (Å²) in [4.78, 5) is 14.5. The first kappa shape index (κ1) is 14.6. The van der Waals surface area contributed by atoms with Gasteiger partial charge in [-0.3, -0.25) is 9.79 Å². The number of alkyl halides is 1. The van der Waals surface area contributed by atoms with E-state index >= 15 is 0 Å². The summed E-state index contributed by atoms with van der Waals surface area (Å²) >= 11 is 0. The molecule has 1 unspecified atom stereocenters. The zero-order valence-corrected chi connectivity index (χ0v) is 9.32. The highest BCUT2D eigenvalue weighted by Crippen LogP contribution is 2.11. The van der Waals surface area contributed by atoms with E-state index in [2.05, 4.69) is 4.99 Å². The second kappa shape index (κ2) is 6.95. The molecule has 0 aromatic carbocycles. The number of carbonyl (C=O) groups is 1. The van der Waals surface area contributed by atoms with Gasteiger partial charge in [0.05, 0.1) is 12.4 Å². The molecule has 0 aromatic heterocycles. The van der Waals surface area contributed by atoms with Crippen molar-refractivity contribution in [2.75, 3.05) is 13.2 Å². The SMILES string of the molecule is CC(N)=NCC=CCCC(N)(CF)C(=O)O. The predicted octanol–water partition coefficient (Wildman–Crippen LogP) is 0.452. The molecule has 0 amide bonds. The molecule has 5 nitrogen and oxygen atoms in total. The molecule has 5 N–H and O–H groups in total. The maximum Gasteiger partial charge on any atom is 0.326 e. The van der Waals surface area contributed by atoms with Crippen LogP contribution in [-0.4, -0.2) is 35.7 Å². The van der Waals surface area contributed by atoms with E-state index in [4.69, 9.17) is 16.6 Å². The van der Waals surface area contributed by atoms with E-state index in [1.165, 1.54) is 0 Å². The van der Waals surface area contributed by atoms with Gasteiger partial charge in [0.1, 0.15) is 12.2 Å². The number of nitrogens with zero attached hydrogens (tertiary/aromatic N) is 1. The average Bonchev–Trinajstić information content (AvgIpc) is 2.22. The number of carboxylic acids is 1. The quantitative estimate of drug-likeness (QED) is 0.336. The summed E-state index contributed by atoms with van der Waals surface area (Å²) in [5, 5.41) is 8.68. The Labute approximate surface area is 94.0 Å². The van der Waals surface area contributed by atoms with Crippen LogP contribution in [0.15, 0.2) is 17.1 Å². The first-order valence-corrected chi connectivity index (χ1v) is 4.92. The minimum Gasteiger partial charge on any atom is -0.480 e. The maximum atomic E-state index is 12.4. The number of nitrogens with two attached hydrogens (primary N) is 2. The molecule has 0 saturated heterocycles. The van der Waals surface area contributed by atoms with Crippen molar-refractivity contribution in [3.05, 3.63) is 12.2 Å². The number of hydrogen-bond donors (Lipinski definition) is 3. The minimum atomic E-state index is -1.78. The highest BCUT2D eigenvalue weighted by Gasteiger charge is 2.32. The third kappa shape index (κ3) is 5.45. The van der Waals surface area contributed by atoms with Crippen LogP contribution in [0.25, 0.3) is 0 Å². The smallest absolute Gasteiger partial charge is 0.326 e. The van der Waals surface area contributed by atoms with Crippen LogP contribution in [0.3, 0.4) is 0 Å². The lowest BCUT2D eigenvalue weighted by molar-refractivity contribution is -0.144. The van der Waals surface area contributed by atoms with Gasteiger partial charge in [-0.1, -0.05) is 12.2 Å². The number of rotatable bonds is 7. The van der Waals surface area contributed by atoms with Crippen LogP contribution in [0, 0.1) is 0 Å². The summed E-state index contributed by atoms with van der Waals surface area (Å²) in [6.45, 7) is 1.03. The minimum absolute atomic E-state index is 0.0562. The van der Waals surface area contributed by atoms with Gasteiger partial charge in [0.15, 0.2) is 0 Å². The van der Waals surface area contributed by atoms with Gasteiger partial charge in [-0.05, 0) is 19.8 Å². The number of halogens is 1. The van der Waals surface area contributed by atoms with Crippen molar-refractivity contribution in [3.8, 4) is 0 Å². The van der Waals surface area contributed by atoms with Crippen molar-refractivity contribution < 1.29 is 14.3 Å². The predicted molar refractivity (Wildman–Crippen MR) is 61.1 cm³/mol. The average molecular weight is 231 g/mol. The van der Waals surface area contributed by atoms with Crippen LogP contribution in [-0.2, 0) is 4.79 Å². The number of hydrogen-bond acceptors (Lipinski definition) is 3. The fraction of sp³-hybridized carbons (Fsp3) is 0.600. The van der Waals surface area contributed by atoms with Gasteiger partial charge in [-0.15, -0.1) is 0 Å². The molecule has 0 aromatic rings. The van der Waals surface area contributed by atoms with Gasteiger partial charge in [-0.2, -0.15) is 0 Å². The molecule has 0 aliphatic rings. The third-order valence-electron chi connectivity index (χ3n) is 2.03. The van der Waals surface area contributed by atoms with Crippen molar-refractivity contribution in [1.82, 2.24) is 0 Å². The topological polar surface area (TPSA) is 102 Å². The Morgan fingerprint density at radius 2 is 2.19 bits per heavy atom. The number of allylic oxidation sites excluding steroid dienone is 1. The van der Waals surface area contributed by atoms with Crippen molar-refractivity contribution in [1.29, 1.82) is 0 Å². The molecule has 0 saturated carbocycles. The van der Waals surface area contributed by atoms with Gasteiger partial charge in [0.25, 0.3) is 0 Å². The second-order valence-corrected chi connectivity index (χ2v) is 3.59. The Bertz CT molecular complexity index is 288. The summed E-state index contributed by atoms with van der Waals surface area (Å²) in [6, 6.07) is 0. The standard InChI is InChI=1S/C10H18FN3O2/c1-8(12)14-6-4-2-3-5-10(13,7-11)9(15)16/h2,4H,3,5-7,13H2,1H3,(H2,12,14)(H,15,16). The monoisotopic (exact) mass is 231 g/mol. The van der Waals surface area contributed by atoms with Gasteiger partial charge in [0.2, 0.25) is 0 Å². The molecule has 0 radical (unpaired) electrons. The number of aliphatic carboxylic acids is 1. The molecule has 0 aliphatic carbocycles. The largest absolute Gasteiger partial charge is 0.480 e. The van der Waals surface area contributed by atoms with Crippen LogP contribution >= 0.6 is 0 Å². The normalized spacial score (nSPS) is 16.3. The zero-order chi connectivity index (χ0) is 12.6. The molecule has 1 atom stereocenters. The van der Waals surface area contributed by atoms with Crippen molar-refractivity contribution in [3.63, 3.8) is 0 Å². The van der Waals surface area contributed by atoms with Crippen LogP contribution < -0.4 is 11.5 Å². The molecule has 0 aliphatic heterocycles. The van der Waals surface area contributed by atoms with Crippen molar-refractivity contribution >= 4 is 11.8 Å². The molecule has 92 valence electrons. The van der Waals surface area contributed by atoms with Gasteiger partial charge in [-0.25, -0.2) is 4.39 Å². The molecule has 0 heterocycles. The lowest BCUT2D eigenvalue weighted by atomic mass is 9.96. The Balaban J connectivity index is 3.97. The highest BCUT2D eigenvalue weighted by molar-refractivity contribution is 5.78. The Hall–Kier alpha value is -1.43. The van der Waals surface area contributed by atoms with E-state index in [0.29, 0.717) is 18.8 Å². The summed E-state index contributed by atoms with van der Waals surface area (Å²) in [6.07, 6.45) is 3.90. The Kier molecular flexibility index (Phi) is 6.32. The highest BCUT2D eigenvalue weighted by atomic mass is 19.1. The summed E-state index contributed by atoms with van der Waals surface area (Å²) in [5.41, 5.74) is 8.87. The van der Waals surface area contributed by atoms with Gasteiger partial charge < -0.3 is 16.6 Å². The Morgan fingerprint density at radius 1 is 1.56 bits per heavy atom. The van der Waals surface area contributed by atoms with E-state index in [1.54, 1.807) is 19.1 Å². The molecular formula is C10H18FN3O2. The fourth-order valence-corrected chi connectivity index (χ4v) is 0.961. The molecule has 0 fully saturated rings. The van der Waals surface area contributed by atoms with E-state index < -0.39 is 18.2 Å². The molecule has 0 spiro atoms. The third-order valence-corrected chi connectivity index (χ3v) is 2.03.